The largest absolute Gasteiger partial charge is 0.497 e. The third-order valence-corrected chi connectivity index (χ3v) is 7.00. The molecular weight excluding hydrogens is 548 g/mol. The lowest BCUT2D eigenvalue weighted by molar-refractivity contribution is -0.143. The molecule has 1 fully saturated rings. The zero-order chi connectivity index (χ0) is 30.8. The van der Waals surface area contributed by atoms with Crippen molar-refractivity contribution in [3.8, 4) is 5.75 Å². The number of hydrogen-bond donors (Lipinski definition) is 2. The number of carbonyl (C=O) groups is 3. The molecule has 12 heteroatoms. The van der Waals surface area contributed by atoms with E-state index in [4.69, 9.17) is 9.47 Å². The Morgan fingerprint density at radius 1 is 1.07 bits per heavy atom. The van der Waals surface area contributed by atoms with Gasteiger partial charge < -0.3 is 20.1 Å². The zero-order valence-electron chi connectivity index (χ0n) is 24.6. The van der Waals surface area contributed by atoms with Crippen LogP contribution >= 0.6 is 0 Å². The van der Waals surface area contributed by atoms with Gasteiger partial charge in [0.1, 0.15) is 17.4 Å². The number of amides is 3. The number of likely N-dealkylation sites (tertiary alicyclic amines) is 1. The first-order valence-electron chi connectivity index (χ1n) is 13.8. The number of halogens is 2. The van der Waals surface area contributed by atoms with Gasteiger partial charge in [-0.05, 0) is 76.4 Å². The SMILES string of the molecule is COc1ccc(C(C(C)NC(=O)C(C)(F)F)n2ncc3cc(NC(=O)[C@H]4CCCN4C(=O)OC(C)(C)C)ccc32)cc1. The Hall–Kier alpha value is -4.22. The van der Waals surface area contributed by atoms with Crippen molar-refractivity contribution in [1.82, 2.24) is 20.0 Å². The second-order valence-electron chi connectivity index (χ2n) is 11.6. The standard InChI is InChI=1S/C30H37F2N5O5/c1-18(34-27(39)30(5,31)32)25(19-9-12-22(41-6)13-10-19)37-23-14-11-21(16-20(23)17-33-37)35-26(38)24-8-7-15-36(24)28(40)42-29(2,3)4/h9-14,16-18,24-25H,7-8,15H2,1-6H3,(H,34,39)(H,35,38)/t18?,24-,25?/m1/s1. The lowest BCUT2D eigenvalue weighted by Crippen LogP contribution is -2.46. The molecule has 0 aliphatic carbocycles. The number of carbonyl (C=O) groups excluding carboxylic acids is 3. The molecule has 42 heavy (non-hydrogen) atoms. The number of nitrogens with one attached hydrogen (secondary N) is 2. The van der Waals surface area contributed by atoms with E-state index in [1.54, 1.807) is 81.0 Å². The van der Waals surface area contributed by atoms with Gasteiger partial charge in [0.25, 0.3) is 5.91 Å². The van der Waals surface area contributed by atoms with Crippen LogP contribution in [0.3, 0.4) is 0 Å². The van der Waals surface area contributed by atoms with Crippen LogP contribution < -0.4 is 15.4 Å². The summed E-state index contributed by atoms with van der Waals surface area (Å²) in [4.78, 5) is 39.4. The third-order valence-electron chi connectivity index (χ3n) is 7.00. The van der Waals surface area contributed by atoms with Crippen molar-refractivity contribution in [1.29, 1.82) is 0 Å². The van der Waals surface area contributed by atoms with Gasteiger partial charge in [0.2, 0.25) is 5.91 Å². The number of hydrogen-bond acceptors (Lipinski definition) is 6. The molecule has 2 aromatic carbocycles. The van der Waals surface area contributed by atoms with Gasteiger partial charge >= 0.3 is 12.0 Å². The molecule has 2 heterocycles. The number of fused-ring (bicyclic) bond motifs is 1. The number of benzene rings is 2. The molecule has 0 spiro atoms. The van der Waals surface area contributed by atoms with Crippen LogP contribution in [0.25, 0.3) is 10.9 Å². The number of ether oxygens (including phenoxy) is 2. The van der Waals surface area contributed by atoms with Gasteiger partial charge in [0, 0.05) is 24.5 Å². The first-order chi connectivity index (χ1) is 19.7. The highest BCUT2D eigenvalue weighted by atomic mass is 19.3. The molecule has 3 aromatic rings. The van der Waals surface area contributed by atoms with Crippen molar-refractivity contribution in [3.05, 3.63) is 54.2 Å². The fraction of sp³-hybridized carbons (Fsp3) is 0.467. The molecule has 3 atom stereocenters. The van der Waals surface area contributed by atoms with Gasteiger partial charge in [0.05, 0.1) is 30.9 Å². The minimum atomic E-state index is -3.55. The summed E-state index contributed by atoms with van der Waals surface area (Å²) in [5.74, 6) is -4.64. The van der Waals surface area contributed by atoms with E-state index in [0.717, 1.165) is 0 Å². The summed E-state index contributed by atoms with van der Waals surface area (Å²) in [5.41, 5.74) is 1.21. The number of aromatic nitrogens is 2. The van der Waals surface area contributed by atoms with Crippen molar-refractivity contribution in [2.45, 2.75) is 77.1 Å². The first-order valence-corrected chi connectivity index (χ1v) is 13.8. The monoisotopic (exact) mass is 585 g/mol. The number of anilines is 1. The van der Waals surface area contributed by atoms with Crippen LogP contribution in [0.1, 0.15) is 59.1 Å². The van der Waals surface area contributed by atoms with Crippen LogP contribution in [-0.2, 0) is 14.3 Å². The molecule has 1 saturated heterocycles. The van der Waals surface area contributed by atoms with E-state index in [2.05, 4.69) is 15.7 Å². The fourth-order valence-electron chi connectivity index (χ4n) is 5.01. The molecule has 2 unspecified atom stereocenters. The van der Waals surface area contributed by atoms with Gasteiger partial charge in [0.15, 0.2) is 0 Å². The third kappa shape index (κ3) is 6.97. The van der Waals surface area contributed by atoms with Crippen LogP contribution in [0.15, 0.2) is 48.7 Å². The second kappa shape index (κ2) is 11.9. The summed E-state index contributed by atoms with van der Waals surface area (Å²) in [7, 11) is 1.54. The van der Waals surface area contributed by atoms with Crippen molar-refractivity contribution in [2.75, 3.05) is 19.0 Å². The fourth-order valence-corrected chi connectivity index (χ4v) is 5.01. The predicted molar refractivity (Wildman–Crippen MR) is 154 cm³/mol. The second-order valence-corrected chi connectivity index (χ2v) is 11.6. The van der Waals surface area contributed by atoms with Crippen molar-refractivity contribution < 1.29 is 32.6 Å². The molecule has 1 aromatic heterocycles. The van der Waals surface area contributed by atoms with Gasteiger partial charge in [-0.1, -0.05) is 12.1 Å². The Kier molecular flexibility index (Phi) is 8.74. The normalized spacial score (nSPS) is 17.0. The van der Waals surface area contributed by atoms with Crippen molar-refractivity contribution in [2.24, 2.45) is 0 Å². The number of rotatable bonds is 8. The van der Waals surface area contributed by atoms with Crippen LogP contribution in [0, 0.1) is 0 Å². The van der Waals surface area contributed by atoms with Crippen LogP contribution in [0.4, 0.5) is 19.3 Å². The topological polar surface area (TPSA) is 115 Å². The number of nitrogens with zero attached hydrogens (tertiary/aromatic N) is 3. The molecule has 226 valence electrons. The van der Waals surface area contributed by atoms with Gasteiger partial charge in [-0.25, -0.2) is 4.79 Å². The zero-order valence-corrected chi connectivity index (χ0v) is 24.6. The summed E-state index contributed by atoms with van der Waals surface area (Å²) < 4.78 is 39.8. The highest BCUT2D eigenvalue weighted by molar-refractivity contribution is 5.98. The smallest absolute Gasteiger partial charge is 0.410 e. The lowest BCUT2D eigenvalue weighted by atomic mass is 9.99. The Balaban J connectivity index is 1.59. The Bertz CT molecular complexity index is 1450. The molecule has 0 radical (unpaired) electrons. The maximum absolute atomic E-state index is 13.7. The summed E-state index contributed by atoms with van der Waals surface area (Å²) in [6.07, 6.45) is 2.29. The van der Waals surface area contributed by atoms with Crippen LogP contribution in [-0.4, -0.2) is 69.8 Å². The molecule has 10 nitrogen and oxygen atoms in total. The average Bonchev–Trinajstić information content (AvgIpc) is 3.56. The number of alkyl halides is 2. The highest BCUT2D eigenvalue weighted by Gasteiger charge is 2.37. The summed E-state index contributed by atoms with van der Waals surface area (Å²) in [6.45, 7) is 7.95. The Morgan fingerprint density at radius 3 is 2.38 bits per heavy atom. The Labute approximate surface area is 243 Å². The predicted octanol–water partition coefficient (Wildman–Crippen LogP) is 5.13. The maximum Gasteiger partial charge on any atom is 0.410 e. The maximum atomic E-state index is 13.7. The first kappa shape index (κ1) is 30.7. The summed E-state index contributed by atoms with van der Waals surface area (Å²) >= 11 is 0. The number of methoxy groups -OCH3 is 1. The van der Waals surface area contributed by atoms with Gasteiger partial charge in [-0.15, -0.1) is 0 Å². The van der Waals surface area contributed by atoms with Crippen LogP contribution in [0.2, 0.25) is 0 Å². The molecule has 2 N–H and O–H groups in total. The summed E-state index contributed by atoms with van der Waals surface area (Å²) in [6, 6.07) is 10.2. The average molecular weight is 586 g/mol. The lowest BCUT2D eigenvalue weighted by Gasteiger charge is -2.28. The van der Waals surface area contributed by atoms with Gasteiger partial charge in [-0.2, -0.15) is 13.9 Å². The quantitative estimate of drug-likeness (QED) is 0.379. The molecule has 3 amide bonds. The molecule has 0 bridgehead atoms. The van der Waals surface area contributed by atoms with E-state index in [0.29, 0.717) is 54.2 Å². The van der Waals surface area contributed by atoms with Crippen molar-refractivity contribution in [3.63, 3.8) is 0 Å². The van der Waals surface area contributed by atoms with E-state index < -0.39 is 41.6 Å². The van der Waals surface area contributed by atoms with Crippen molar-refractivity contribution >= 4 is 34.5 Å². The van der Waals surface area contributed by atoms with E-state index in [9.17, 15) is 23.2 Å². The Morgan fingerprint density at radius 2 is 1.76 bits per heavy atom. The van der Waals surface area contributed by atoms with E-state index in [-0.39, 0.29) is 5.91 Å². The summed E-state index contributed by atoms with van der Waals surface area (Å²) in [5, 5.41) is 10.5. The molecular formula is C30H37F2N5O5. The highest BCUT2D eigenvalue weighted by Crippen LogP contribution is 2.30. The minimum Gasteiger partial charge on any atom is -0.497 e. The van der Waals surface area contributed by atoms with E-state index >= 15 is 0 Å². The van der Waals surface area contributed by atoms with E-state index in [1.165, 1.54) is 12.0 Å². The van der Waals surface area contributed by atoms with Crippen LogP contribution in [0.5, 0.6) is 5.75 Å². The molecule has 4 rings (SSSR count). The molecule has 1 aliphatic rings. The minimum absolute atomic E-state index is 0.321. The van der Waals surface area contributed by atoms with E-state index in [1.807, 2.05) is 0 Å². The van der Waals surface area contributed by atoms with Gasteiger partial charge in [-0.3, -0.25) is 19.2 Å². The molecule has 0 saturated carbocycles. The molecule has 1 aliphatic heterocycles.